The van der Waals surface area contributed by atoms with Crippen molar-refractivity contribution in [3.05, 3.63) is 30.0 Å². The molecule has 0 aliphatic carbocycles. The third-order valence-corrected chi connectivity index (χ3v) is 2.65. The maximum absolute atomic E-state index is 11.1. The number of hydrogen-bond acceptors (Lipinski definition) is 4. The number of carboxylic acid groups (broad SMARTS) is 1. The van der Waals surface area contributed by atoms with E-state index in [4.69, 9.17) is 14.6 Å². The van der Waals surface area contributed by atoms with Gasteiger partial charge in [-0.3, -0.25) is 0 Å². The molecule has 20 heavy (non-hydrogen) atoms. The van der Waals surface area contributed by atoms with Gasteiger partial charge in [0.15, 0.2) is 5.69 Å². The van der Waals surface area contributed by atoms with E-state index in [1.165, 1.54) is 4.68 Å². The highest BCUT2D eigenvalue weighted by Gasteiger charge is 2.16. The van der Waals surface area contributed by atoms with E-state index in [1.807, 2.05) is 32.9 Å². The summed E-state index contributed by atoms with van der Waals surface area (Å²) in [5, 5.41) is 13.8. The van der Waals surface area contributed by atoms with Gasteiger partial charge in [-0.2, -0.15) is 5.10 Å². The number of aromatic nitrogens is 2. The zero-order valence-electron chi connectivity index (χ0n) is 11.8. The van der Waals surface area contributed by atoms with Crippen molar-refractivity contribution in [2.75, 3.05) is 6.79 Å². The topological polar surface area (TPSA) is 73.6 Å². The van der Waals surface area contributed by atoms with E-state index in [-0.39, 0.29) is 24.8 Å². The van der Waals surface area contributed by atoms with Gasteiger partial charge in [-0.25, -0.2) is 9.48 Å². The zero-order chi connectivity index (χ0) is 14.8. The molecule has 6 nitrogen and oxygen atoms in total. The monoisotopic (exact) mass is 278 g/mol. The number of para-hydroxylation sites is 1. The fraction of sp³-hybridized carbons (Fsp3) is 0.429. The van der Waals surface area contributed by atoms with Crippen LogP contribution in [0.2, 0.25) is 0 Å². The van der Waals surface area contributed by atoms with Gasteiger partial charge >= 0.3 is 5.97 Å². The van der Waals surface area contributed by atoms with Gasteiger partial charge in [0.1, 0.15) is 13.5 Å². The Morgan fingerprint density at radius 1 is 1.35 bits per heavy atom. The highest BCUT2D eigenvalue weighted by atomic mass is 16.7. The second-order valence-corrected chi connectivity index (χ2v) is 5.38. The van der Waals surface area contributed by atoms with E-state index in [0.717, 1.165) is 5.52 Å². The highest BCUT2D eigenvalue weighted by Crippen LogP contribution is 2.18. The van der Waals surface area contributed by atoms with Gasteiger partial charge in [0.2, 0.25) is 0 Å². The molecule has 1 heterocycles. The molecule has 2 rings (SSSR count). The minimum Gasteiger partial charge on any atom is -0.476 e. The van der Waals surface area contributed by atoms with Crippen molar-refractivity contribution in [1.82, 2.24) is 9.78 Å². The van der Waals surface area contributed by atoms with Crippen LogP contribution in [0.25, 0.3) is 10.9 Å². The first-order valence-corrected chi connectivity index (χ1v) is 6.29. The minimum absolute atomic E-state index is 0.0286. The molecule has 0 atom stereocenters. The van der Waals surface area contributed by atoms with Crippen LogP contribution in [0.4, 0.5) is 0 Å². The Bertz CT molecular complexity index is 613. The molecule has 1 aromatic heterocycles. The van der Waals surface area contributed by atoms with Crippen molar-refractivity contribution in [2.24, 2.45) is 0 Å². The summed E-state index contributed by atoms with van der Waals surface area (Å²) in [7, 11) is 0. The van der Waals surface area contributed by atoms with Crippen molar-refractivity contribution in [3.8, 4) is 0 Å². The van der Waals surface area contributed by atoms with Crippen LogP contribution in [-0.4, -0.2) is 33.3 Å². The van der Waals surface area contributed by atoms with E-state index < -0.39 is 5.97 Å². The van der Waals surface area contributed by atoms with Gasteiger partial charge in [-0.1, -0.05) is 18.2 Å². The average Bonchev–Trinajstić information content (AvgIpc) is 2.73. The Kier molecular flexibility index (Phi) is 4.06. The lowest BCUT2D eigenvalue weighted by atomic mass is 10.2. The second kappa shape index (κ2) is 5.60. The molecule has 1 N–H and O–H groups in total. The van der Waals surface area contributed by atoms with E-state index in [9.17, 15) is 4.79 Å². The Morgan fingerprint density at radius 2 is 2.05 bits per heavy atom. The number of fused-ring (bicyclic) bond motifs is 1. The van der Waals surface area contributed by atoms with E-state index in [2.05, 4.69) is 5.10 Å². The zero-order valence-corrected chi connectivity index (χ0v) is 11.8. The molecule has 0 aliphatic heterocycles. The second-order valence-electron chi connectivity index (χ2n) is 5.38. The summed E-state index contributed by atoms with van der Waals surface area (Å²) in [6.07, 6.45) is 0. The Morgan fingerprint density at radius 3 is 2.70 bits per heavy atom. The summed E-state index contributed by atoms with van der Waals surface area (Å²) in [5.41, 5.74) is 0.472. The molecule has 0 spiro atoms. The van der Waals surface area contributed by atoms with Crippen molar-refractivity contribution < 1.29 is 19.4 Å². The summed E-state index contributed by atoms with van der Waals surface area (Å²) in [4.78, 5) is 11.1. The number of hydrogen-bond donors (Lipinski definition) is 1. The summed E-state index contributed by atoms with van der Waals surface area (Å²) >= 11 is 0. The van der Waals surface area contributed by atoms with Crippen LogP contribution in [0, 0.1) is 0 Å². The lowest BCUT2D eigenvalue weighted by Gasteiger charge is -2.19. The molecule has 1 aromatic carbocycles. The number of ether oxygens (including phenoxy) is 2. The molecule has 0 fully saturated rings. The molecule has 0 amide bonds. The van der Waals surface area contributed by atoms with Gasteiger partial charge in [0.25, 0.3) is 0 Å². The van der Waals surface area contributed by atoms with Gasteiger partial charge in [0, 0.05) is 5.39 Å². The number of carboxylic acids is 1. The molecule has 0 saturated heterocycles. The predicted molar refractivity (Wildman–Crippen MR) is 73.5 cm³/mol. The van der Waals surface area contributed by atoms with Crippen LogP contribution in [-0.2, 0) is 16.2 Å². The first-order valence-electron chi connectivity index (χ1n) is 6.29. The number of aromatic carboxylic acids is 1. The van der Waals surface area contributed by atoms with Gasteiger partial charge in [-0.05, 0) is 26.8 Å². The van der Waals surface area contributed by atoms with E-state index in [0.29, 0.717) is 5.39 Å². The molecular weight excluding hydrogens is 260 g/mol. The molecule has 0 saturated carbocycles. The van der Waals surface area contributed by atoms with Crippen molar-refractivity contribution in [2.45, 2.75) is 33.1 Å². The number of carbonyl (C=O) groups is 1. The Labute approximate surface area is 116 Å². The molecule has 0 unspecified atom stereocenters. The lowest BCUT2D eigenvalue weighted by molar-refractivity contribution is -0.137. The molecule has 6 heteroatoms. The van der Waals surface area contributed by atoms with Crippen molar-refractivity contribution >= 4 is 16.9 Å². The minimum atomic E-state index is -1.05. The summed E-state index contributed by atoms with van der Waals surface area (Å²) in [5.74, 6) is -1.05. The fourth-order valence-electron chi connectivity index (χ4n) is 1.73. The van der Waals surface area contributed by atoms with E-state index in [1.54, 1.807) is 12.1 Å². The molecule has 0 bridgehead atoms. The van der Waals surface area contributed by atoms with Gasteiger partial charge in [0.05, 0.1) is 11.1 Å². The largest absolute Gasteiger partial charge is 0.476 e. The number of rotatable bonds is 5. The Hall–Kier alpha value is -1.92. The molecular formula is C14H18N2O4. The maximum Gasteiger partial charge on any atom is 0.357 e. The SMILES string of the molecule is CC(C)(C)OCOCn1nc(C(=O)O)c2ccccc21. The van der Waals surface area contributed by atoms with Gasteiger partial charge in [-0.15, -0.1) is 0 Å². The first-order chi connectivity index (χ1) is 9.38. The van der Waals surface area contributed by atoms with Crippen molar-refractivity contribution in [3.63, 3.8) is 0 Å². The molecule has 2 aromatic rings. The normalized spacial score (nSPS) is 11.9. The van der Waals surface area contributed by atoms with Crippen LogP contribution >= 0.6 is 0 Å². The molecule has 0 aliphatic rings. The Balaban J connectivity index is 2.12. The average molecular weight is 278 g/mol. The highest BCUT2D eigenvalue weighted by molar-refractivity contribution is 6.01. The smallest absolute Gasteiger partial charge is 0.357 e. The van der Waals surface area contributed by atoms with Gasteiger partial charge < -0.3 is 14.6 Å². The molecule has 0 radical (unpaired) electrons. The molecule has 108 valence electrons. The predicted octanol–water partition coefficient (Wildman–Crippen LogP) is 2.48. The maximum atomic E-state index is 11.1. The number of benzene rings is 1. The fourth-order valence-corrected chi connectivity index (χ4v) is 1.73. The third-order valence-electron chi connectivity index (χ3n) is 2.65. The van der Waals surface area contributed by atoms with Crippen LogP contribution in [0.15, 0.2) is 24.3 Å². The summed E-state index contributed by atoms with van der Waals surface area (Å²) in [6, 6.07) is 7.15. The first kappa shape index (κ1) is 14.5. The standard InChI is InChI=1S/C14H18N2O4/c1-14(2,3)20-9-19-8-16-11-7-5-4-6-10(11)12(15-16)13(17)18/h4-7H,8-9H2,1-3H3,(H,17,18). The lowest BCUT2D eigenvalue weighted by Crippen LogP contribution is -2.21. The number of nitrogens with zero attached hydrogens (tertiary/aromatic N) is 2. The van der Waals surface area contributed by atoms with Crippen LogP contribution in [0.1, 0.15) is 31.3 Å². The van der Waals surface area contributed by atoms with E-state index >= 15 is 0 Å². The quantitative estimate of drug-likeness (QED) is 0.672. The third kappa shape index (κ3) is 3.34. The van der Waals surface area contributed by atoms with Crippen LogP contribution in [0.5, 0.6) is 0 Å². The van der Waals surface area contributed by atoms with Crippen LogP contribution in [0.3, 0.4) is 0 Å². The van der Waals surface area contributed by atoms with Crippen molar-refractivity contribution in [1.29, 1.82) is 0 Å². The van der Waals surface area contributed by atoms with Crippen LogP contribution < -0.4 is 0 Å². The summed E-state index contributed by atoms with van der Waals surface area (Å²) < 4.78 is 12.3. The summed E-state index contributed by atoms with van der Waals surface area (Å²) in [6.45, 7) is 6.07.